The number of benzene rings is 2. The Kier molecular flexibility index (Phi) is 3.68. The number of alkyl halides is 3. The molecule has 0 aliphatic carbocycles. The lowest BCUT2D eigenvalue weighted by Gasteiger charge is -2.26. The van der Waals surface area contributed by atoms with Gasteiger partial charge in [-0.2, -0.15) is 13.2 Å². The lowest BCUT2D eigenvalue weighted by Crippen LogP contribution is -2.49. The van der Waals surface area contributed by atoms with Crippen LogP contribution in [0, 0.1) is 0 Å². The molecular weight excluding hydrogens is 361 g/mol. The number of hydrogen-bond donors (Lipinski definition) is 1. The highest BCUT2D eigenvalue weighted by Crippen LogP contribution is 2.55. The van der Waals surface area contributed by atoms with Crippen molar-refractivity contribution in [2.45, 2.75) is 17.8 Å². The first-order valence-corrected chi connectivity index (χ1v) is 8.24. The van der Waals surface area contributed by atoms with Gasteiger partial charge >= 0.3 is 6.18 Å². The Bertz CT molecular complexity index is 944. The highest BCUT2D eigenvalue weighted by atomic mass is 19.4. The molecule has 2 unspecified atom stereocenters. The van der Waals surface area contributed by atoms with E-state index in [1.807, 2.05) is 0 Å². The maximum Gasteiger partial charge on any atom is 0.407 e. The Balaban J connectivity index is 2.05. The van der Waals surface area contributed by atoms with Gasteiger partial charge in [-0.25, -0.2) is 0 Å². The smallest absolute Gasteiger partial charge is 0.407 e. The highest BCUT2D eigenvalue weighted by molar-refractivity contribution is 6.10. The summed E-state index contributed by atoms with van der Waals surface area (Å²) in [5.74, 6) is -0.0274. The van der Waals surface area contributed by atoms with Gasteiger partial charge in [0, 0.05) is 18.3 Å². The average Bonchev–Trinajstić information content (AvgIpc) is 3.10. The number of methoxy groups -OCH3 is 2. The molecule has 0 saturated carbocycles. The van der Waals surface area contributed by atoms with Gasteiger partial charge in [-0.05, 0) is 29.3 Å². The lowest BCUT2D eigenvalue weighted by molar-refractivity contribution is -0.159. The Morgan fingerprint density at radius 1 is 1.07 bits per heavy atom. The van der Waals surface area contributed by atoms with Crippen molar-refractivity contribution in [3.8, 4) is 11.5 Å². The van der Waals surface area contributed by atoms with Crippen LogP contribution in [0.4, 0.5) is 18.9 Å². The van der Waals surface area contributed by atoms with Crippen molar-refractivity contribution in [2.24, 2.45) is 0 Å². The van der Waals surface area contributed by atoms with E-state index < -0.39 is 23.7 Å². The molecule has 0 saturated heterocycles. The summed E-state index contributed by atoms with van der Waals surface area (Å²) >= 11 is 0. The minimum absolute atomic E-state index is 0.0430. The summed E-state index contributed by atoms with van der Waals surface area (Å²) in [4.78, 5) is 14.6. The van der Waals surface area contributed by atoms with Crippen LogP contribution in [0.1, 0.15) is 22.7 Å². The van der Waals surface area contributed by atoms with E-state index in [1.165, 1.54) is 31.3 Å². The predicted molar refractivity (Wildman–Crippen MR) is 92.1 cm³/mol. The van der Waals surface area contributed by atoms with Crippen LogP contribution in [0.3, 0.4) is 0 Å². The second-order valence-electron chi connectivity index (χ2n) is 6.54. The molecule has 27 heavy (non-hydrogen) atoms. The number of anilines is 1. The van der Waals surface area contributed by atoms with Gasteiger partial charge in [-0.1, -0.05) is 18.2 Å². The van der Waals surface area contributed by atoms with Crippen LogP contribution in [0.25, 0.3) is 0 Å². The summed E-state index contributed by atoms with van der Waals surface area (Å²) in [6, 6.07) is 7.58. The fraction of sp³-hybridized carbons (Fsp3) is 0.316. The van der Waals surface area contributed by atoms with E-state index in [1.54, 1.807) is 31.3 Å². The summed E-state index contributed by atoms with van der Waals surface area (Å²) in [5.41, 5.74) is -0.389. The predicted octanol–water partition coefficient (Wildman–Crippen LogP) is 3.13. The number of hydrogen-bond acceptors (Lipinski definition) is 4. The molecule has 1 spiro atoms. The van der Waals surface area contributed by atoms with Gasteiger partial charge < -0.3 is 14.4 Å². The number of ether oxygens (including phenoxy) is 2. The molecule has 142 valence electrons. The molecule has 2 aliphatic rings. The molecule has 2 heterocycles. The number of nitrogens with zero attached hydrogens (tertiary/aromatic N) is 1. The van der Waals surface area contributed by atoms with Crippen molar-refractivity contribution in [1.82, 2.24) is 5.32 Å². The van der Waals surface area contributed by atoms with Gasteiger partial charge in [0.1, 0.15) is 6.04 Å². The Labute approximate surface area is 153 Å². The van der Waals surface area contributed by atoms with Gasteiger partial charge in [-0.3, -0.25) is 10.1 Å². The molecule has 2 aliphatic heterocycles. The van der Waals surface area contributed by atoms with Crippen LogP contribution in [0.15, 0.2) is 36.4 Å². The Hall–Kier alpha value is -2.74. The second kappa shape index (κ2) is 5.63. The number of likely N-dealkylation sites (N-methyl/N-ethyl adjacent to an activating group) is 1. The molecule has 1 amide bonds. The molecule has 2 aromatic carbocycles. The van der Waals surface area contributed by atoms with Crippen molar-refractivity contribution in [3.05, 3.63) is 53.1 Å². The molecule has 4 rings (SSSR count). The maximum absolute atomic E-state index is 13.8. The van der Waals surface area contributed by atoms with E-state index in [0.29, 0.717) is 11.3 Å². The first kappa shape index (κ1) is 17.7. The SMILES string of the molecule is COc1cc2c(cc1OC)C1(NC2C(F)(F)F)C(=O)N(C)c2ccccc21. The van der Waals surface area contributed by atoms with Crippen molar-refractivity contribution >= 4 is 11.6 Å². The zero-order valence-electron chi connectivity index (χ0n) is 14.8. The van der Waals surface area contributed by atoms with E-state index in [2.05, 4.69) is 5.32 Å². The number of nitrogens with one attached hydrogen (secondary N) is 1. The van der Waals surface area contributed by atoms with Crippen LogP contribution in [-0.4, -0.2) is 33.4 Å². The fourth-order valence-electron chi connectivity index (χ4n) is 4.05. The lowest BCUT2D eigenvalue weighted by atomic mass is 9.84. The summed E-state index contributed by atoms with van der Waals surface area (Å²) in [5, 5.41) is 2.58. The van der Waals surface area contributed by atoms with Crippen LogP contribution < -0.4 is 19.7 Å². The molecule has 0 bridgehead atoms. The molecular formula is C19H17F3N2O3. The molecule has 2 aromatic rings. The van der Waals surface area contributed by atoms with Gasteiger partial charge in [0.2, 0.25) is 0 Å². The first-order chi connectivity index (χ1) is 12.8. The molecule has 2 atom stereocenters. The largest absolute Gasteiger partial charge is 0.493 e. The summed E-state index contributed by atoms with van der Waals surface area (Å²) < 4.78 is 52.0. The van der Waals surface area contributed by atoms with Crippen molar-refractivity contribution < 1.29 is 27.4 Å². The average molecular weight is 378 g/mol. The quantitative estimate of drug-likeness (QED) is 0.873. The molecule has 1 N–H and O–H groups in total. The summed E-state index contributed by atoms with van der Waals surface area (Å²) in [7, 11) is 4.31. The van der Waals surface area contributed by atoms with Crippen molar-refractivity contribution in [1.29, 1.82) is 0 Å². The number of para-hydroxylation sites is 1. The molecule has 5 nitrogen and oxygen atoms in total. The second-order valence-corrected chi connectivity index (χ2v) is 6.54. The fourth-order valence-corrected chi connectivity index (χ4v) is 4.05. The van der Waals surface area contributed by atoms with E-state index >= 15 is 0 Å². The molecule has 8 heteroatoms. The topological polar surface area (TPSA) is 50.8 Å². The van der Waals surface area contributed by atoms with Gasteiger partial charge in [0.15, 0.2) is 17.0 Å². The Morgan fingerprint density at radius 3 is 2.33 bits per heavy atom. The van der Waals surface area contributed by atoms with E-state index in [0.717, 1.165) is 0 Å². The molecule has 0 aromatic heterocycles. The normalized spacial score (nSPS) is 23.6. The minimum Gasteiger partial charge on any atom is -0.493 e. The third kappa shape index (κ3) is 2.19. The van der Waals surface area contributed by atoms with E-state index in [-0.39, 0.29) is 22.6 Å². The van der Waals surface area contributed by atoms with Crippen molar-refractivity contribution in [2.75, 3.05) is 26.2 Å². The number of amides is 1. The van der Waals surface area contributed by atoms with Crippen molar-refractivity contribution in [3.63, 3.8) is 0 Å². The maximum atomic E-state index is 13.8. The third-order valence-corrected chi connectivity index (χ3v) is 5.25. The molecule has 0 fully saturated rings. The zero-order chi connectivity index (χ0) is 19.6. The van der Waals surface area contributed by atoms with Gasteiger partial charge in [0.05, 0.1) is 14.2 Å². The number of rotatable bonds is 2. The summed E-state index contributed by atoms with van der Waals surface area (Å²) in [6.45, 7) is 0. The molecule has 0 radical (unpaired) electrons. The van der Waals surface area contributed by atoms with Crippen LogP contribution >= 0.6 is 0 Å². The number of carbonyl (C=O) groups is 1. The van der Waals surface area contributed by atoms with Gasteiger partial charge in [-0.15, -0.1) is 0 Å². The van der Waals surface area contributed by atoms with Crippen LogP contribution in [0.2, 0.25) is 0 Å². The van der Waals surface area contributed by atoms with E-state index in [4.69, 9.17) is 9.47 Å². The zero-order valence-corrected chi connectivity index (χ0v) is 14.8. The third-order valence-electron chi connectivity index (χ3n) is 5.25. The number of halogens is 3. The van der Waals surface area contributed by atoms with Gasteiger partial charge in [0.25, 0.3) is 5.91 Å². The Morgan fingerprint density at radius 2 is 1.70 bits per heavy atom. The van der Waals surface area contributed by atoms with Crippen LogP contribution in [-0.2, 0) is 10.3 Å². The first-order valence-electron chi connectivity index (χ1n) is 8.24. The summed E-state index contributed by atoms with van der Waals surface area (Å²) in [6.07, 6.45) is -4.59. The standard InChI is InChI=1S/C19H17F3N2O3/c1-24-13-7-5-4-6-11(13)18(17(24)25)12-9-15(27-3)14(26-2)8-10(12)16(23-18)19(20,21)22/h4-9,16,23H,1-3H3. The number of carbonyl (C=O) groups excluding carboxylic acids is 1. The monoisotopic (exact) mass is 378 g/mol. The van der Waals surface area contributed by atoms with Crippen LogP contribution in [0.5, 0.6) is 11.5 Å². The highest BCUT2D eigenvalue weighted by Gasteiger charge is 2.61. The minimum atomic E-state index is -4.59. The van der Waals surface area contributed by atoms with E-state index in [9.17, 15) is 18.0 Å². The number of fused-ring (bicyclic) bond motifs is 4.